The Kier molecular flexibility index (Phi) is 5.02. The van der Waals surface area contributed by atoms with E-state index in [4.69, 9.17) is 0 Å². The van der Waals surface area contributed by atoms with E-state index in [1.54, 1.807) is 0 Å². The first kappa shape index (κ1) is 18.1. The Morgan fingerprint density at radius 2 is 1.83 bits per heavy atom. The van der Waals surface area contributed by atoms with Crippen LogP contribution in [0.5, 0.6) is 0 Å². The highest BCUT2D eigenvalue weighted by Gasteiger charge is 2.41. The van der Waals surface area contributed by atoms with Crippen LogP contribution >= 0.6 is 11.8 Å². The molecule has 2 amide bonds. The van der Waals surface area contributed by atoms with Crippen LogP contribution in [0, 0.1) is 0 Å². The maximum atomic E-state index is 12.5. The van der Waals surface area contributed by atoms with Crippen LogP contribution in [0.15, 0.2) is 29.2 Å². The molecule has 0 aliphatic carbocycles. The summed E-state index contributed by atoms with van der Waals surface area (Å²) in [6.07, 6.45) is -3.15. The van der Waals surface area contributed by atoms with E-state index in [0.29, 0.717) is 17.3 Å². The molecule has 1 aliphatic heterocycles. The molecule has 128 valence electrons. The Balaban J connectivity index is 2.24. The van der Waals surface area contributed by atoms with Crippen LogP contribution < -0.4 is 0 Å². The number of hydrogen-bond donors (Lipinski definition) is 0. The Morgan fingerprint density at radius 3 is 2.33 bits per heavy atom. The molecule has 1 aromatic rings. The molecule has 0 spiro atoms. The molecule has 1 fully saturated rings. The molecule has 0 N–H and O–H groups in total. The van der Waals surface area contributed by atoms with Crippen LogP contribution in [0.2, 0.25) is 0 Å². The van der Waals surface area contributed by atoms with Gasteiger partial charge in [0.15, 0.2) is 0 Å². The van der Waals surface area contributed by atoms with Crippen molar-refractivity contribution < 1.29 is 32.3 Å². The van der Waals surface area contributed by atoms with E-state index < -0.39 is 34.9 Å². The number of ether oxygens (including phenoxy) is 1. The summed E-state index contributed by atoms with van der Waals surface area (Å²) in [5.41, 5.74) is -0.480. The smallest absolute Gasteiger partial charge is 0.416 e. The quantitative estimate of drug-likeness (QED) is 0.612. The second-order valence-corrected chi connectivity index (χ2v) is 5.86. The molecule has 1 aromatic carbocycles. The Labute approximate surface area is 139 Å². The van der Waals surface area contributed by atoms with Crippen molar-refractivity contribution in [2.24, 2.45) is 0 Å². The highest BCUT2D eigenvalue weighted by Crippen LogP contribution is 2.34. The molecule has 5 nitrogen and oxygen atoms in total. The number of rotatable bonds is 3. The lowest BCUT2D eigenvalue weighted by Crippen LogP contribution is -2.42. The van der Waals surface area contributed by atoms with Crippen molar-refractivity contribution in [3.05, 3.63) is 40.3 Å². The van der Waals surface area contributed by atoms with Gasteiger partial charge in [-0.3, -0.25) is 14.5 Å². The molecule has 0 aromatic heterocycles. The number of alkyl halides is 3. The number of carbonyl (C=O) groups excluding carboxylic acids is 3. The minimum absolute atomic E-state index is 0.0236. The average Bonchev–Trinajstić information content (AvgIpc) is 2.79. The summed E-state index contributed by atoms with van der Waals surface area (Å²) in [5, 5.41) is -0.643. The molecule has 1 saturated heterocycles. The fourth-order valence-electron chi connectivity index (χ4n) is 2.01. The monoisotopic (exact) mass is 359 g/mol. The lowest BCUT2D eigenvalue weighted by molar-refractivity contribution is -0.148. The maximum absolute atomic E-state index is 12.5. The number of halogens is 3. The summed E-state index contributed by atoms with van der Waals surface area (Å²) < 4.78 is 42.1. The van der Waals surface area contributed by atoms with Crippen molar-refractivity contribution in [3.8, 4) is 0 Å². The van der Waals surface area contributed by atoms with Gasteiger partial charge < -0.3 is 4.74 Å². The van der Waals surface area contributed by atoms with Gasteiger partial charge in [-0.2, -0.15) is 13.2 Å². The van der Waals surface area contributed by atoms with Gasteiger partial charge in [-0.25, -0.2) is 4.79 Å². The van der Waals surface area contributed by atoms with Gasteiger partial charge in [0.25, 0.3) is 11.1 Å². The van der Waals surface area contributed by atoms with Gasteiger partial charge in [0, 0.05) is 0 Å². The molecule has 0 bridgehead atoms. The predicted octanol–water partition coefficient (Wildman–Crippen LogP) is 3.30. The number of hydrogen-bond acceptors (Lipinski definition) is 5. The van der Waals surface area contributed by atoms with Crippen molar-refractivity contribution in [1.29, 1.82) is 0 Å². The molecule has 2 rings (SSSR count). The fourth-order valence-corrected chi connectivity index (χ4v) is 2.92. The van der Waals surface area contributed by atoms with E-state index in [2.05, 4.69) is 4.74 Å². The van der Waals surface area contributed by atoms with Gasteiger partial charge >= 0.3 is 12.1 Å². The second kappa shape index (κ2) is 6.68. The van der Waals surface area contributed by atoms with Crippen LogP contribution in [-0.4, -0.2) is 35.2 Å². The lowest BCUT2D eigenvalue weighted by atomic mass is 10.1. The van der Waals surface area contributed by atoms with E-state index in [-0.39, 0.29) is 4.91 Å². The van der Waals surface area contributed by atoms with Crippen LogP contribution in [0.4, 0.5) is 18.0 Å². The number of amides is 2. The number of imide groups is 1. The minimum atomic E-state index is -4.45. The zero-order valence-electron chi connectivity index (χ0n) is 12.6. The van der Waals surface area contributed by atoms with Crippen molar-refractivity contribution >= 4 is 35.0 Å². The van der Waals surface area contributed by atoms with Crippen LogP contribution in [0.25, 0.3) is 6.08 Å². The Morgan fingerprint density at radius 1 is 1.25 bits per heavy atom. The molecule has 24 heavy (non-hydrogen) atoms. The Bertz CT molecular complexity index is 712. The zero-order valence-corrected chi connectivity index (χ0v) is 13.4. The van der Waals surface area contributed by atoms with Crippen molar-refractivity contribution in [1.82, 2.24) is 4.90 Å². The number of nitrogens with zero attached hydrogens (tertiary/aromatic N) is 1. The number of esters is 1. The minimum Gasteiger partial charge on any atom is -0.467 e. The summed E-state index contributed by atoms with van der Waals surface area (Å²) in [5.74, 6) is -1.43. The van der Waals surface area contributed by atoms with Gasteiger partial charge in [0.05, 0.1) is 17.6 Å². The lowest BCUT2D eigenvalue weighted by Gasteiger charge is -2.18. The van der Waals surface area contributed by atoms with Crippen LogP contribution in [0.1, 0.15) is 18.1 Å². The third kappa shape index (κ3) is 3.61. The number of thioether (sulfide) groups is 1. The molecular weight excluding hydrogens is 347 g/mol. The highest BCUT2D eigenvalue weighted by molar-refractivity contribution is 8.18. The topological polar surface area (TPSA) is 63.7 Å². The number of benzene rings is 1. The van der Waals surface area contributed by atoms with Gasteiger partial charge in [-0.1, -0.05) is 12.1 Å². The van der Waals surface area contributed by atoms with Gasteiger partial charge in [-0.15, -0.1) is 0 Å². The first-order valence-electron chi connectivity index (χ1n) is 6.67. The SMILES string of the molecule is COC(=O)[C@H](C)N1C(=O)S/C(=C\c2ccc(C(F)(F)F)cc2)C1=O. The van der Waals surface area contributed by atoms with Crippen LogP contribution in [0.3, 0.4) is 0 Å². The first-order chi connectivity index (χ1) is 11.1. The summed E-state index contributed by atoms with van der Waals surface area (Å²) in [4.78, 5) is 36.4. The molecular formula is C15H12F3NO4S. The second-order valence-electron chi connectivity index (χ2n) is 4.87. The summed E-state index contributed by atoms with van der Waals surface area (Å²) in [7, 11) is 1.13. The number of carbonyl (C=O) groups is 3. The van der Waals surface area contributed by atoms with Gasteiger partial charge in [-0.05, 0) is 42.5 Å². The fraction of sp³-hybridized carbons (Fsp3) is 0.267. The van der Waals surface area contributed by atoms with Gasteiger partial charge in [0.1, 0.15) is 6.04 Å². The third-order valence-electron chi connectivity index (χ3n) is 3.29. The molecule has 0 saturated carbocycles. The van der Waals surface area contributed by atoms with Crippen molar-refractivity contribution in [3.63, 3.8) is 0 Å². The molecule has 9 heteroatoms. The van der Waals surface area contributed by atoms with Crippen LogP contribution in [-0.2, 0) is 20.5 Å². The van der Waals surface area contributed by atoms with E-state index in [1.807, 2.05) is 0 Å². The summed E-state index contributed by atoms with van der Waals surface area (Å²) in [6, 6.07) is 3.07. The van der Waals surface area contributed by atoms with Crippen molar-refractivity contribution in [2.45, 2.75) is 19.1 Å². The largest absolute Gasteiger partial charge is 0.467 e. The Hall–Kier alpha value is -2.29. The summed E-state index contributed by atoms with van der Waals surface area (Å²) >= 11 is 0.611. The van der Waals surface area contributed by atoms with E-state index in [9.17, 15) is 27.6 Å². The van der Waals surface area contributed by atoms with Gasteiger partial charge in [0.2, 0.25) is 0 Å². The summed E-state index contributed by atoms with van der Waals surface area (Å²) in [6.45, 7) is 1.35. The van der Waals surface area contributed by atoms with E-state index in [0.717, 1.165) is 24.1 Å². The van der Waals surface area contributed by atoms with Crippen molar-refractivity contribution in [2.75, 3.05) is 7.11 Å². The highest BCUT2D eigenvalue weighted by atomic mass is 32.2. The van der Waals surface area contributed by atoms with E-state index in [1.165, 1.54) is 25.1 Å². The molecule has 1 aliphatic rings. The average molecular weight is 359 g/mol. The predicted molar refractivity (Wildman–Crippen MR) is 80.7 cm³/mol. The maximum Gasteiger partial charge on any atom is 0.416 e. The standard InChI is InChI=1S/C15H12F3NO4S/c1-8(13(21)23-2)19-12(20)11(24-14(19)22)7-9-3-5-10(6-4-9)15(16,17)18/h3-8H,1-2H3/b11-7-/t8-/m0/s1. The first-order valence-corrected chi connectivity index (χ1v) is 7.49. The molecule has 0 unspecified atom stereocenters. The number of methoxy groups -OCH3 is 1. The molecule has 1 heterocycles. The normalized spacial score (nSPS) is 18.2. The molecule has 1 atom stereocenters. The van der Waals surface area contributed by atoms with E-state index >= 15 is 0 Å². The third-order valence-corrected chi connectivity index (χ3v) is 4.17. The zero-order chi connectivity index (χ0) is 18.1. The molecule has 0 radical (unpaired) electrons.